The fraction of sp³-hybridized carbons (Fsp3) is 0.438. The highest BCUT2D eigenvalue weighted by Gasteiger charge is 2.17. The molecule has 0 aromatic carbocycles. The molecule has 0 saturated carbocycles. The number of rotatable bonds is 5. The summed E-state index contributed by atoms with van der Waals surface area (Å²) in [6, 6.07) is 3.98. The van der Waals surface area contributed by atoms with Gasteiger partial charge in [-0.1, -0.05) is 0 Å². The summed E-state index contributed by atoms with van der Waals surface area (Å²) in [5.41, 5.74) is 2.28. The molecule has 2 aromatic rings. The van der Waals surface area contributed by atoms with Crippen molar-refractivity contribution in [2.45, 2.75) is 19.8 Å². The predicted molar refractivity (Wildman–Crippen MR) is 85.6 cm³/mol. The lowest BCUT2D eigenvalue weighted by molar-refractivity contribution is -0.141. The molecule has 1 N–H and O–H groups in total. The monoisotopic (exact) mass is 316 g/mol. The molecule has 1 aliphatic heterocycles. The maximum absolute atomic E-state index is 12.3. The van der Waals surface area contributed by atoms with Gasteiger partial charge in [0.2, 0.25) is 0 Å². The Morgan fingerprint density at radius 3 is 2.87 bits per heavy atom. The zero-order valence-electron chi connectivity index (χ0n) is 13.1. The van der Waals surface area contributed by atoms with E-state index in [2.05, 4.69) is 15.3 Å². The van der Waals surface area contributed by atoms with E-state index in [0.717, 1.165) is 24.3 Å². The first-order valence-corrected chi connectivity index (χ1v) is 7.85. The normalized spacial score (nSPS) is 14.2. The van der Waals surface area contributed by atoms with Gasteiger partial charge in [0, 0.05) is 25.0 Å². The second-order valence-electron chi connectivity index (χ2n) is 5.45. The molecule has 3 heterocycles. The molecule has 1 aliphatic rings. The minimum absolute atomic E-state index is 0.143. The van der Waals surface area contributed by atoms with Crippen molar-refractivity contribution >= 4 is 23.1 Å². The number of pyridine rings is 1. The van der Waals surface area contributed by atoms with Gasteiger partial charge in [0.25, 0.3) is 5.91 Å². The van der Waals surface area contributed by atoms with E-state index in [0.29, 0.717) is 12.2 Å². The summed E-state index contributed by atoms with van der Waals surface area (Å²) in [6.07, 6.45) is 5.75. The highest BCUT2D eigenvalue weighted by Crippen LogP contribution is 2.23. The average Bonchev–Trinajstić information content (AvgIpc) is 3.21. The Labute approximate surface area is 134 Å². The van der Waals surface area contributed by atoms with Gasteiger partial charge in [-0.25, -0.2) is 4.52 Å². The summed E-state index contributed by atoms with van der Waals surface area (Å²) < 4.78 is 6.47. The zero-order chi connectivity index (χ0) is 16.2. The third kappa shape index (κ3) is 3.28. The maximum atomic E-state index is 12.3. The smallest absolute Gasteiger partial charge is 0.325 e. The zero-order valence-corrected chi connectivity index (χ0v) is 13.1. The van der Waals surface area contributed by atoms with Crippen LogP contribution >= 0.6 is 0 Å². The van der Waals surface area contributed by atoms with Crippen LogP contribution in [0.1, 0.15) is 30.1 Å². The number of hydrogen-bond acceptors (Lipinski definition) is 5. The van der Waals surface area contributed by atoms with Crippen LogP contribution in [0, 0.1) is 0 Å². The SMILES string of the molecule is CCOC(=O)CNC(=O)c1cnn2ccc(N3CCCC3)cc12. The van der Waals surface area contributed by atoms with Gasteiger partial charge < -0.3 is 15.0 Å². The van der Waals surface area contributed by atoms with Crippen LogP contribution in [0.2, 0.25) is 0 Å². The Balaban J connectivity index is 1.78. The van der Waals surface area contributed by atoms with Crippen LogP contribution in [-0.4, -0.2) is 47.7 Å². The van der Waals surface area contributed by atoms with E-state index >= 15 is 0 Å². The first kappa shape index (κ1) is 15.3. The Morgan fingerprint density at radius 1 is 1.35 bits per heavy atom. The number of amides is 1. The van der Waals surface area contributed by atoms with E-state index in [9.17, 15) is 9.59 Å². The summed E-state index contributed by atoms with van der Waals surface area (Å²) >= 11 is 0. The molecular formula is C16H20N4O3. The lowest BCUT2D eigenvalue weighted by Gasteiger charge is -2.17. The van der Waals surface area contributed by atoms with Crippen LogP contribution in [0.4, 0.5) is 5.69 Å². The van der Waals surface area contributed by atoms with Gasteiger partial charge >= 0.3 is 5.97 Å². The number of carbonyl (C=O) groups excluding carboxylic acids is 2. The molecule has 1 amide bonds. The average molecular weight is 316 g/mol. The van der Waals surface area contributed by atoms with E-state index < -0.39 is 5.97 Å². The fourth-order valence-corrected chi connectivity index (χ4v) is 2.78. The number of anilines is 1. The van der Waals surface area contributed by atoms with Crippen LogP contribution in [0.3, 0.4) is 0 Å². The van der Waals surface area contributed by atoms with E-state index in [1.165, 1.54) is 19.0 Å². The summed E-state index contributed by atoms with van der Waals surface area (Å²) in [7, 11) is 0. The topological polar surface area (TPSA) is 75.9 Å². The molecule has 122 valence electrons. The lowest BCUT2D eigenvalue weighted by Crippen LogP contribution is -2.30. The van der Waals surface area contributed by atoms with Crippen molar-refractivity contribution in [1.82, 2.24) is 14.9 Å². The molecule has 0 spiro atoms. The van der Waals surface area contributed by atoms with E-state index in [1.54, 1.807) is 11.4 Å². The van der Waals surface area contributed by atoms with Crippen LogP contribution in [0.5, 0.6) is 0 Å². The van der Waals surface area contributed by atoms with Gasteiger partial charge in [0.1, 0.15) is 6.54 Å². The summed E-state index contributed by atoms with van der Waals surface area (Å²) in [5.74, 6) is -0.776. The predicted octanol–water partition coefficient (Wildman–Crippen LogP) is 1.23. The molecule has 23 heavy (non-hydrogen) atoms. The van der Waals surface area contributed by atoms with Crippen LogP contribution < -0.4 is 10.2 Å². The third-order valence-corrected chi connectivity index (χ3v) is 3.92. The largest absolute Gasteiger partial charge is 0.465 e. The number of nitrogens with one attached hydrogen (secondary N) is 1. The quantitative estimate of drug-likeness (QED) is 0.840. The van der Waals surface area contributed by atoms with Gasteiger partial charge in [0.05, 0.1) is 23.9 Å². The summed E-state index contributed by atoms with van der Waals surface area (Å²) in [5, 5.41) is 6.76. The van der Waals surface area contributed by atoms with Crippen LogP contribution in [0.15, 0.2) is 24.5 Å². The first-order valence-electron chi connectivity index (χ1n) is 7.85. The number of ether oxygens (including phenoxy) is 1. The van der Waals surface area contributed by atoms with Crippen molar-refractivity contribution in [3.05, 3.63) is 30.1 Å². The van der Waals surface area contributed by atoms with Crippen molar-refractivity contribution in [1.29, 1.82) is 0 Å². The number of aromatic nitrogens is 2. The van der Waals surface area contributed by atoms with Crippen molar-refractivity contribution in [2.24, 2.45) is 0 Å². The summed E-state index contributed by atoms with van der Waals surface area (Å²) in [4.78, 5) is 25.9. The second kappa shape index (κ2) is 6.68. The Kier molecular flexibility index (Phi) is 4.45. The minimum Gasteiger partial charge on any atom is -0.465 e. The molecule has 7 heteroatoms. The van der Waals surface area contributed by atoms with Gasteiger partial charge in [0.15, 0.2) is 0 Å². The molecule has 1 saturated heterocycles. The van der Waals surface area contributed by atoms with Crippen LogP contribution in [-0.2, 0) is 9.53 Å². The molecule has 0 bridgehead atoms. The Morgan fingerprint density at radius 2 is 2.13 bits per heavy atom. The maximum Gasteiger partial charge on any atom is 0.325 e. The molecule has 7 nitrogen and oxygen atoms in total. The van der Waals surface area contributed by atoms with Gasteiger partial charge in [-0.2, -0.15) is 5.10 Å². The highest BCUT2D eigenvalue weighted by atomic mass is 16.5. The van der Waals surface area contributed by atoms with Crippen molar-refractivity contribution in [3.63, 3.8) is 0 Å². The molecule has 1 fully saturated rings. The third-order valence-electron chi connectivity index (χ3n) is 3.92. The molecular weight excluding hydrogens is 296 g/mol. The Bertz CT molecular complexity index is 719. The minimum atomic E-state index is -0.449. The fourth-order valence-electron chi connectivity index (χ4n) is 2.78. The molecule has 0 unspecified atom stereocenters. The van der Waals surface area contributed by atoms with E-state index in [1.807, 2.05) is 18.3 Å². The van der Waals surface area contributed by atoms with E-state index in [-0.39, 0.29) is 12.5 Å². The van der Waals surface area contributed by atoms with Crippen molar-refractivity contribution < 1.29 is 14.3 Å². The number of fused-ring (bicyclic) bond motifs is 1. The standard InChI is InChI=1S/C16H20N4O3/c1-2-23-15(21)11-17-16(22)13-10-18-20-8-5-12(9-14(13)20)19-6-3-4-7-19/h5,8-10H,2-4,6-7,11H2,1H3,(H,17,22). The molecule has 2 aromatic heterocycles. The molecule has 0 atom stereocenters. The second-order valence-corrected chi connectivity index (χ2v) is 5.45. The number of nitrogens with zero attached hydrogens (tertiary/aromatic N) is 3. The van der Waals surface area contributed by atoms with Gasteiger partial charge in [-0.05, 0) is 31.9 Å². The van der Waals surface area contributed by atoms with Crippen molar-refractivity contribution in [2.75, 3.05) is 31.1 Å². The first-order chi connectivity index (χ1) is 11.2. The number of hydrogen-bond donors (Lipinski definition) is 1. The molecule has 3 rings (SSSR count). The highest BCUT2D eigenvalue weighted by molar-refractivity contribution is 6.02. The van der Waals surface area contributed by atoms with Gasteiger partial charge in [-0.15, -0.1) is 0 Å². The number of esters is 1. The van der Waals surface area contributed by atoms with Crippen molar-refractivity contribution in [3.8, 4) is 0 Å². The number of carbonyl (C=O) groups is 2. The van der Waals surface area contributed by atoms with Crippen LogP contribution in [0.25, 0.3) is 5.52 Å². The van der Waals surface area contributed by atoms with Gasteiger partial charge in [-0.3, -0.25) is 9.59 Å². The molecule has 0 aliphatic carbocycles. The summed E-state index contributed by atoms with van der Waals surface area (Å²) in [6.45, 7) is 3.95. The Hall–Kier alpha value is -2.57. The molecule has 0 radical (unpaired) electrons. The van der Waals surface area contributed by atoms with E-state index in [4.69, 9.17) is 4.74 Å². The lowest BCUT2D eigenvalue weighted by atomic mass is 10.2.